The van der Waals surface area contributed by atoms with Gasteiger partial charge in [0.2, 0.25) is 11.5 Å². The molecule has 0 aliphatic heterocycles. The molecule has 0 N–H and O–H groups in total. The average Bonchev–Trinajstić information content (AvgIpc) is 2.76. The lowest BCUT2D eigenvalue weighted by Crippen LogP contribution is -2.09. The zero-order valence-corrected chi connectivity index (χ0v) is 10.6. The molecule has 2 heterocycles. The summed E-state index contributed by atoms with van der Waals surface area (Å²) in [6.07, 6.45) is 0.0188. The van der Waals surface area contributed by atoms with Crippen LogP contribution in [0.4, 0.5) is 0 Å². The van der Waals surface area contributed by atoms with E-state index >= 15 is 0 Å². The van der Waals surface area contributed by atoms with Gasteiger partial charge in [-0.15, -0.1) is 14.8 Å². The highest BCUT2D eigenvalue weighted by Gasteiger charge is 2.13. The Labute approximate surface area is 107 Å². The largest absolute Gasteiger partial charge is 0.473 e. The zero-order valence-electron chi connectivity index (χ0n) is 9.83. The smallest absolute Gasteiger partial charge is 0.241 e. The molecule has 0 amide bonds. The van der Waals surface area contributed by atoms with Crippen molar-refractivity contribution in [2.24, 2.45) is 0 Å². The van der Waals surface area contributed by atoms with Crippen molar-refractivity contribution >= 4 is 28.0 Å². The SMILES string of the molecule is CC(C)Oc1nn2nnnc2c2cc(Cl)ccc12. The minimum atomic E-state index is 0.0188. The van der Waals surface area contributed by atoms with Crippen molar-refractivity contribution in [1.29, 1.82) is 0 Å². The topological polar surface area (TPSA) is 65.2 Å². The van der Waals surface area contributed by atoms with Crippen molar-refractivity contribution in [1.82, 2.24) is 25.3 Å². The third kappa shape index (κ3) is 1.74. The molecule has 0 bridgehead atoms. The minimum absolute atomic E-state index is 0.0188. The van der Waals surface area contributed by atoms with Crippen molar-refractivity contribution in [3.05, 3.63) is 23.2 Å². The van der Waals surface area contributed by atoms with Gasteiger partial charge in [0, 0.05) is 15.8 Å². The van der Waals surface area contributed by atoms with Crippen molar-refractivity contribution in [2.45, 2.75) is 20.0 Å². The van der Waals surface area contributed by atoms with E-state index in [-0.39, 0.29) is 6.10 Å². The first-order chi connectivity index (χ1) is 8.65. The lowest BCUT2D eigenvalue weighted by Gasteiger charge is -2.11. The van der Waals surface area contributed by atoms with Crippen LogP contribution in [0, 0.1) is 0 Å². The van der Waals surface area contributed by atoms with Gasteiger partial charge < -0.3 is 4.74 Å². The second-order valence-corrected chi connectivity index (χ2v) is 4.59. The number of hydrogen-bond donors (Lipinski definition) is 0. The molecule has 3 rings (SSSR count). The van der Waals surface area contributed by atoms with Crippen LogP contribution in [0.2, 0.25) is 5.02 Å². The highest BCUT2D eigenvalue weighted by molar-refractivity contribution is 6.31. The molecule has 0 unspecified atom stereocenters. The van der Waals surface area contributed by atoms with Gasteiger partial charge in [-0.25, -0.2) is 0 Å². The summed E-state index contributed by atoms with van der Waals surface area (Å²) in [5.74, 6) is 0.497. The molecule has 1 aromatic carbocycles. The van der Waals surface area contributed by atoms with Gasteiger partial charge in [0.05, 0.1) is 6.10 Å². The molecule has 0 aliphatic carbocycles. The molecule has 3 aromatic rings. The van der Waals surface area contributed by atoms with E-state index in [4.69, 9.17) is 16.3 Å². The molecule has 18 heavy (non-hydrogen) atoms. The first kappa shape index (κ1) is 11.2. The van der Waals surface area contributed by atoms with Gasteiger partial charge in [0.25, 0.3) is 0 Å². The number of rotatable bonds is 2. The Balaban J connectivity index is 2.38. The molecular formula is C11H10ClN5O. The predicted molar refractivity (Wildman–Crippen MR) is 66.9 cm³/mol. The van der Waals surface area contributed by atoms with E-state index in [0.717, 1.165) is 10.8 Å². The Morgan fingerprint density at radius 3 is 2.89 bits per heavy atom. The molecule has 0 fully saturated rings. The van der Waals surface area contributed by atoms with Crippen molar-refractivity contribution in [2.75, 3.05) is 0 Å². The van der Waals surface area contributed by atoms with Crippen LogP contribution in [-0.2, 0) is 0 Å². The maximum atomic E-state index is 6.01. The number of nitrogens with zero attached hydrogens (tertiary/aromatic N) is 5. The van der Waals surface area contributed by atoms with Gasteiger partial charge in [-0.1, -0.05) is 11.6 Å². The molecule has 2 aromatic heterocycles. The summed E-state index contributed by atoms with van der Waals surface area (Å²) >= 11 is 6.01. The van der Waals surface area contributed by atoms with Crippen molar-refractivity contribution < 1.29 is 4.74 Å². The van der Waals surface area contributed by atoms with Crippen LogP contribution in [-0.4, -0.2) is 31.4 Å². The quantitative estimate of drug-likeness (QED) is 0.708. The highest BCUT2D eigenvalue weighted by Crippen LogP contribution is 2.28. The summed E-state index contributed by atoms with van der Waals surface area (Å²) in [4.78, 5) is 0. The lowest BCUT2D eigenvalue weighted by atomic mass is 10.2. The van der Waals surface area contributed by atoms with Crippen molar-refractivity contribution in [3.63, 3.8) is 0 Å². The van der Waals surface area contributed by atoms with E-state index in [1.165, 1.54) is 4.63 Å². The maximum Gasteiger partial charge on any atom is 0.241 e. The number of tetrazole rings is 1. The molecular weight excluding hydrogens is 254 g/mol. The number of benzene rings is 1. The molecule has 0 saturated carbocycles. The average molecular weight is 264 g/mol. The summed E-state index contributed by atoms with van der Waals surface area (Å²) in [6, 6.07) is 5.45. The summed E-state index contributed by atoms with van der Waals surface area (Å²) in [7, 11) is 0. The van der Waals surface area contributed by atoms with Gasteiger partial charge in [-0.2, -0.15) is 0 Å². The molecule has 0 spiro atoms. The van der Waals surface area contributed by atoms with Crippen LogP contribution in [0.15, 0.2) is 18.2 Å². The number of halogens is 1. The van der Waals surface area contributed by atoms with Gasteiger partial charge in [-0.3, -0.25) is 0 Å². The standard InChI is InChI=1S/C11H10ClN5O/c1-6(2)18-11-8-4-3-7(12)5-9(8)10-13-15-16-17(10)14-11/h3-6H,1-2H3. The number of fused-ring (bicyclic) bond motifs is 3. The van der Waals surface area contributed by atoms with Crippen LogP contribution in [0.5, 0.6) is 5.88 Å². The monoisotopic (exact) mass is 263 g/mol. The first-order valence-corrected chi connectivity index (χ1v) is 5.87. The number of hydrogen-bond acceptors (Lipinski definition) is 5. The van der Waals surface area contributed by atoms with E-state index in [9.17, 15) is 0 Å². The fourth-order valence-electron chi connectivity index (χ4n) is 1.75. The maximum absolute atomic E-state index is 6.01. The van der Waals surface area contributed by atoms with Crippen LogP contribution in [0.25, 0.3) is 16.4 Å². The summed E-state index contributed by atoms with van der Waals surface area (Å²) in [6.45, 7) is 3.88. The normalized spacial score (nSPS) is 11.6. The van der Waals surface area contributed by atoms with Crippen molar-refractivity contribution in [3.8, 4) is 5.88 Å². The Morgan fingerprint density at radius 2 is 2.11 bits per heavy atom. The van der Waals surface area contributed by atoms with Gasteiger partial charge in [0.15, 0.2) is 0 Å². The Morgan fingerprint density at radius 1 is 1.28 bits per heavy atom. The molecule has 0 aliphatic rings. The fraction of sp³-hybridized carbons (Fsp3) is 0.273. The summed E-state index contributed by atoms with van der Waals surface area (Å²) in [5, 5.41) is 17.9. The third-order valence-electron chi connectivity index (χ3n) is 2.44. The molecule has 0 radical (unpaired) electrons. The van der Waals surface area contributed by atoms with E-state index in [0.29, 0.717) is 16.5 Å². The van der Waals surface area contributed by atoms with E-state index in [1.54, 1.807) is 12.1 Å². The predicted octanol–water partition coefficient (Wildman–Crippen LogP) is 2.11. The highest BCUT2D eigenvalue weighted by atomic mass is 35.5. The van der Waals surface area contributed by atoms with Gasteiger partial charge >= 0.3 is 0 Å². The Hall–Kier alpha value is -1.95. The van der Waals surface area contributed by atoms with E-state index in [1.807, 2.05) is 19.9 Å². The third-order valence-corrected chi connectivity index (χ3v) is 2.67. The number of ether oxygens (including phenoxy) is 1. The molecule has 0 atom stereocenters. The van der Waals surface area contributed by atoms with E-state index in [2.05, 4.69) is 20.6 Å². The molecule has 7 heteroatoms. The zero-order chi connectivity index (χ0) is 12.7. The minimum Gasteiger partial charge on any atom is -0.473 e. The first-order valence-electron chi connectivity index (χ1n) is 5.49. The van der Waals surface area contributed by atoms with Crippen LogP contribution < -0.4 is 4.74 Å². The Kier molecular flexibility index (Phi) is 2.52. The number of aromatic nitrogens is 5. The van der Waals surface area contributed by atoms with Crippen LogP contribution in [0.3, 0.4) is 0 Å². The molecule has 92 valence electrons. The molecule has 6 nitrogen and oxygen atoms in total. The second kappa shape index (κ2) is 4.06. The second-order valence-electron chi connectivity index (χ2n) is 4.15. The molecule has 0 saturated heterocycles. The summed E-state index contributed by atoms with van der Waals surface area (Å²) < 4.78 is 7.02. The Bertz CT molecular complexity index is 724. The van der Waals surface area contributed by atoms with Gasteiger partial charge in [0.1, 0.15) is 0 Å². The van der Waals surface area contributed by atoms with Gasteiger partial charge in [-0.05, 0) is 42.5 Å². The lowest BCUT2D eigenvalue weighted by molar-refractivity contribution is 0.232. The van der Waals surface area contributed by atoms with Crippen LogP contribution in [0.1, 0.15) is 13.8 Å². The van der Waals surface area contributed by atoms with Crippen LogP contribution >= 0.6 is 11.6 Å². The van der Waals surface area contributed by atoms with E-state index < -0.39 is 0 Å². The summed E-state index contributed by atoms with van der Waals surface area (Å²) in [5.41, 5.74) is 0.559. The fourth-order valence-corrected chi connectivity index (χ4v) is 1.92.